The molecule has 0 amide bonds. The molecule has 2 aromatic carbocycles. The molecule has 170 valence electrons. The zero-order valence-electron chi connectivity index (χ0n) is 19.2. The van der Waals surface area contributed by atoms with Crippen molar-refractivity contribution in [2.75, 3.05) is 13.2 Å². The number of halogens is 1. The SMILES string of the molecule is CC(C)=CCC/C(C)=C/C(=O)OCCOC(=O)C(C)c1ccc(-c2ccccc2)c(F)c1. The van der Waals surface area contributed by atoms with Crippen molar-refractivity contribution in [2.24, 2.45) is 0 Å². The third kappa shape index (κ3) is 8.14. The summed E-state index contributed by atoms with van der Waals surface area (Å²) in [5.74, 6) is -1.99. The highest BCUT2D eigenvalue weighted by atomic mass is 19.1. The normalized spacial score (nSPS) is 12.1. The van der Waals surface area contributed by atoms with Gasteiger partial charge in [-0.3, -0.25) is 4.79 Å². The molecular formula is C27H31FO4. The number of benzene rings is 2. The lowest BCUT2D eigenvalue weighted by Gasteiger charge is -2.13. The molecule has 0 saturated carbocycles. The Kier molecular flexibility index (Phi) is 9.86. The van der Waals surface area contributed by atoms with Crippen LogP contribution in [0, 0.1) is 5.82 Å². The van der Waals surface area contributed by atoms with Gasteiger partial charge in [-0.25, -0.2) is 9.18 Å². The summed E-state index contributed by atoms with van der Waals surface area (Å²) in [5, 5.41) is 0. The first-order valence-electron chi connectivity index (χ1n) is 10.8. The smallest absolute Gasteiger partial charge is 0.330 e. The van der Waals surface area contributed by atoms with Crippen molar-refractivity contribution in [1.82, 2.24) is 0 Å². The minimum atomic E-state index is -0.637. The quantitative estimate of drug-likeness (QED) is 0.187. The highest BCUT2D eigenvalue weighted by Crippen LogP contribution is 2.26. The Bertz CT molecular complexity index is 972. The molecule has 2 aromatic rings. The third-order valence-electron chi connectivity index (χ3n) is 4.96. The van der Waals surface area contributed by atoms with E-state index in [2.05, 4.69) is 6.08 Å². The lowest BCUT2D eigenvalue weighted by Crippen LogP contribution is -2.17. The Morgan fingerprint density at radius 1 is 1.00 bits per heavy atom. The molecular weight excluding hydrogens is 407 g/mol. The molecule has 0 spiro atoms. The molecule has 0 aliphatic carbocycles. The fourth-order valence-electron chi connectivity index (χ4n) is 3.10. The van der Waals surface area contributed by atoms with Gasteiger partial charge in [0.15, 0.2) is 0 Å². The lowest BCUT2D eigenvalue weighted by molar-refractivity contribution is -0.150. The van der Waals surface area contributed by atoms with Gasteiger partial charge in [-0.1, -0.05) is 59.7 Å². The molecule has 0 bridgehead atoms. The molecule has 1 unspecified atom stereocenters. The highest BCUT2D eigenvalue weighted by molar-refractivity contribution is 5.82. The molecule has 0 aliphatic rings. The van der Waals surface area contributed by atoms with Crippen LogP contribution in [0.25, 0.3) is 11.1 Å². The van der Waals surface area contributed by atoms with E-state index < -0.39 is 23.7 Å². The maximum Gasteiger partial charge on any atom is 0.330 e. The number of rotatable bonds is 10. The minimum Gasteiger partial charge on any atom is -0.462 e. The number of carbonyl (C=O) groups is 2. The van der Waals surface area contributed by atoms with Crippen LogP contribution in [0.1, 0.15) is 52.0 Å². The largest absolute Gasteiger partial charge is 0.462 e. The van der Waals surface area contributed by atoms with Gasteiger partial charge in [-0.05, 0) is 57.7 Å². The van der Waals surface area contributed by atoms with Crippen LogP contribution < -0.4 is 0 Å². The topological polar surface area (TPSA) is 52.6 Å². The maximum absolute atomic E-state index is 14.6. The van der Waals surface area contributed by atoms with Gasteiger partial charge in [-0.15, -0.1) is 0 Å². The van der Waals surface area contributed by atoms with Crippen LogP contribution >= 0.6 is 0 Å². The standard InChI is InChI=1S/C27H31FO4/c1-19(2)9-8-10-20(3)17-26(29)31-15-16-32-27(30)21(4)23-13-14-24(25(28)18-23)22-11-6-5-7-12-22/h5-7,9,11-14,17-18,21H,8,10,15-16H2,1-4H3/b20-17+. The first-order valence-corrected chi connectivity index (χ1v) is 10.8. The molecule has 0 saturated heterocycles. The van der Waals surface area contributed by atoms with Crippen molar-refractivity contribution in [3.8, 4) is 11.1 Å². The van der Waals surface area contributed by atoms with E-state index in [1.807, 2.05) is 51.1 Å². The number of carbonyl (C=O) groups excluding carboxylic acids is 2. The third-order valence-corrected chi connectivity index (χ3v) is 4.96. The summed E-state index contributed by atoms with van der Waals surface area (Å²) in [4.78, 5) is 24.1. The highest BCUT2D eigenvalue weighted by Gasteiger charge is 2.19. The molecule has 4 nitrogen and oxygen atoms in total. The van der Waals surface area contributed by atoms with Gasteiger partial charge in [0.25, 0.3) is 0 Å². The van der Waals surface area contributed by atoms with E-state index in [0.29, 0.717) is 11.1 Å². The molecule has 0 fully saturated rings. The summed E-state index contributed by atoms with van der Waals surface area (Å²) in [6.07, 6.45) is 5.23. The van der Waals surface area contributed by atoms with E-state index in [1.165, 1.54) is 17.7 Å². The fourth-order valence-corrected chi connectivity index (χ4v) is 3.10. The average Bonchev–Trinajstić information content (AvgIpc) is 2.76. The maximum atomic E-state index is 14.6. The number of hydrogen-bond acceptors (Lipinski definition) is 4. The number of hydrogen-bond donors (Lipinski definition) is 0. The molecule has 0 aromatic heterocycles. The summed E-state index contributed by atoms with van der Waals surface area (Å²) in [6, 6.07) is 14.0. The summed E-state index contributed by atoms with van der Waals surface area (Å²) < 4.78 is 24.8. The summed E-state index contributed by atoms with van der Waals surface area (Å²) >= 11 is 0. The van der Waals surface area contributed by atoms with Crippen LogP contribution in [0.15, 0.2) is 71.8 Å². The molecule has 5 heteroatoms. The number of esters is 2. The van der Waals surface area contributed by atoms with Gasteiger partial charge in [0, 0.05) is 11.6 Å². The van der Waals surface area contributed by atoms with E-state index in [0.717, 1.165) is 24.0 Å². The predicted octanol–water partition coefficient (Wildman–Crippen LogP) is 6.38. The molecule has 0 N–H and O–H groups in total. The Hall–Kier alpha value is -3.21. The summed E-state index contributed by atoms with van der Waals surface area (Å²) in [5.41, 5.74) is 3.95. The van der Waals surface area contributed by atoms with Gasteiger partial charge < -0.3 is 9.47 Å². The van der Waals surface area contributed by atoms with E-state index in [1.54, 1.807) is 19.1 Å². The summed E-state index contributed by atoms with van der Waals surface area (Å²) in [6.45, 7) is 7.52. The van der Waals surface area contributed by atoms with Gasteiger partial charge in [-0.2, -0.15) is 0 Å². The van der Waals surface area contributed by atoms with Crippen LogP contribution in [-0.2, 0) is 19.1 Å². The molecule has 0 aliphatic heterocycles. The minimum absolute atomic E-state index is 0.0314. The molecule has 32 heavy (non-hydrogen) atoms. The van der Waals surface area contributed by atoms with Crippen molar-refractivity contribution in [3.63, 3.8) is 0 Å². The molecule has 0 heterocycles. The zero-order valence-corrected chi connectivity index (χ0v) is 19.2. The van der Waals surface area contributed by atoms with Crippen molar-refractivity contribution >= 4 is 11.9 Å². The van der Waals surface area contributed by atoms with Crippen molar-refractivity contribution in [1.29, 1.82) is 0 Å². The van der Waals surface area contributed by atoms with Crippen LogP contribution in [0.3, 0.4) is 0 Å². The van der Waals surface area contributed by atoms with E-state index >= 15 is 0 Å². The second-order valence-electron chi connectivity index (χ2n) is 7.97. The van der Waals surface area contributed by atoms with Gasteiger partial charge in [0.2, 0.25) is 0 Å². The zero-order chi connectivity index (χ0) is 23.5. The summed E-state index contributed by atoms with van der Waals surface area (Å²) in [7, 11) is 0. The molecule has 2 rings (SSSR count). The second-order valence-corrected chi connectivity index (χ2v) is 7.97. The van der Waals surface area contributed by atoms with Crippen LogP contribution in [0.2, 0.25) is 0 Å². The van der Waals surface area contributed by atoms with Crippen LogP contribution in [0.4, 0.5) is 4.39 Å². The molecule has 0 radical (unpaired) electrons. The van der Waals surface area contributed by atoms with Gasteiger partial charge in [0.1, 0.15) is 19.0 Å². The first kappa shape index (κ1) is 25.1. The van der Waals surface area contributed by atoms with Crippen molar-refractivity contribution in [3.05, 3.63) is 83.2 Å². The lowest BCUT2D eigenvalue weighted by atomic mass is 9.97. The van der Waals surface area contributed by atoms with E-state index in [4.69, 9.17) is 9.47 Å². The Morgan fingerprint density at radius 3 is 2.34 bits per heavy atom. The Morgan fingerprint density at radius 2 is 1.69 bits per heavy atom. The fraction of sp³-hybridized carbons (Fsp3) is 0.333. The average molecular weight is 439 g/mol. The van der Waals surface area contributed by atoms with E-state index in [-0.39, 0.29) is 13.2 Å². The van der Waals surface area contributed by atoms with Crippen LogP contribution in [0.5, 0.6) is 0 Å². The van der Waals surface area contributed by atoms with Crippen molar-refractivity contribution in [2.45, 2.75) is 46.5 Å². The number of allylic oxidation sites excluding steroid dienone is 3. The Labute approximate surface area is 189 Å². The monoisotopic (exact) mass is 438 g/mol. The van der Waals surface area contributed by atoms with E-state index in [9.17, 15) is 14.0 Å². The predicted molar refractivity (Wildman–Crippen MR) is 125 cm³/mol. The molecule has 1 atom stereocenters. The first-order chi connectivity index (χ1) is 15.3. The van der Waals surface area contributed by atoms with Gasteiger partial charge in [0.05, 0.1) is 5.92 Å². The second kappa shape index (κ2) is 12.6. The number of ether oxygens (including phenoxy) is 2. The Balaban J connectivity index is 1.80. The van der Waals surface area contributed by atoms with Crippen LogP contribution in [-0.4, -0.2) is 25.2 Å². The van der Waals surface area contributed by atoms with Gasteiger partial charge >= 0.3 is 11.9 Å². The van der Waals surface area contributed by atoms with Crippen molar-refractivity contribution < 1.29 is 23.5 Å².